The molecule has 0 fully saturated rings. The van der Waals surface area contributed by atoms with Gasteiger partial charge in [0.1, 0.15) is 0 Å². The Morgan fingerprint density at radius 3 is 1.49 bits per heavy atom. The maximum Gasteiger partial charge on any atom is 0.0468 e. The summed E-state index contributed by atoms with van der Waals surface area (Å²) in [6, 6.07) is 64.5. The van der Waals surface area contributed by atoms with Gasteiger partial charge < -0.3 is 4.90 Å². The van der Waals surface area contributed by atoms with Crippen LogP contribution < -0.4 is 4.90 Å². The van der Waals surface area contributed by atoms with Crippen molar-refractivity contribution in [2.45, 2.75) is 0 Å². The number of thiophene rings is 2. The lowest BCUT2D eigenvalue weighted by Gasteiger charge is -2.26. The zero-order chi connectivity index (χ0) is 32.3. The Morgan fingerprint density at radius 2 is 0.796 bits per heavy atom. The highest BCUT2D eigenvalue weighted by atomic mass is 32.1. The van der Waals surface area contributed by atoms with Gasteiger partial charge in [-0.1, -0.05) is 103 Å². The molecule has 0 N–H and O–H groups in total. The van der Waals surface area contributed by atoms with Crippen molar-refractivity contribution in [3.8, 4) is 22.3 Å². The smallest absolute Gasteiger partial charge is 0.0468 e. The standard InChI is InChI=1S/C46H29NS2/c1-2-8-30(9-3-1)31-16-20-36(21-17-31)47(38-24-25-45-42(29-38)40-11-5-6-12-43(40)48-45)37-22-18-32(19-23-37)33-14-15-34-28-46-41(27-35(34)26-33)39-10-4-7-13-44(39)49-46/h1-29H. The third-order valence-corrected chi connectivity index (χ3v) is 11.9. The third-order valence-electron chi connectivity index (χ3n) is 9.65. The minimum absolute atomic E-state index is 1.13. The van der Waals surface area contributed by atoms with E-state index in [9.17, 15) is 0 Å². The number of fused-ring (bicyclic) bond motifs is 7. The number of hydrogen-bond acceptors (Lipinski definition) is 3. The molecule has 0 amide bonds. The van der Waals surface area contributed by atoms with Gasteiger partial charge in [0, 0.05) is 57.4 Å². The molecule has 0 aliphatic rings. The van der Waals surface area contributed by atoms with Crippen molar-refractivity contribution in [2.75, 3.05) is 4.90 Å². The Morgan fingerprint density at radius 1 is 0.286 bits per heavy atom. The largest absolute Gasteiger partial charge is 0.310 e. The van der Waals surface area contributed by atoms with Crippen molar-refractivity contribution in [1.29, 1.82) is 0 Å². The molecule has 0 unspecified atom stereocenters. The van der Waals surface area contributed by atoms with Crippen molar-refractivity contribution in [1.82, 2.24) is 0 Å². The van der Waals surface area contributed by atoms with Crippen molar-refractivity contribution >= 4 is 90.9 Å². The summed E-state index contributed by atoms with van der Waals surface area (Å²) >= 11 is 3.73. The first-order chi connectivity index (χ1) is 24.2. The fraction of sp³-hybridized carbons (Fsp3) is 0. The summed E-state index contributed by atoms with van der Waals surface area (Å²) < 4.78 is 5.32. The van der Waals surface area contributed by atoms with E-state index >= 15 is 0 Å². The van der Waals surface area contributed by atoms with Gasteiger partial charge >= 0.3 is 0 Å². The summed E-state index contributed by atoms with van der Waals surface area (Å²) in [4.78, 5) is 2.38. The maximum atomic E-state index is 2.38. The van der Waals surface area contributed by atoms with Crippen LogP contribution in [0.3, 0.4) is 0 Å². The highest BCUT2D eigenvalue weighted by molar-refractivity contribution is 7.26. The van der Waals surface area contributed by atoms with Gasteiger partial charge in [-0.2, -0.15) is 0 Å². The molecule has 2 aromatic heterocycles. The van der Waals surface area contributed by atoms with Gasteiger partial charge in [0.15, 0.2) is 0 Å². The van der Waals surface area contributed by atoms with Crippen LogP contribution >= 0.6 is 22.7 Å². The first-order valence-corrected chi connectivity index (χ1v) is 18.2. The van der Waals surface area contributed by atoms with Gasteiger partial charge in [-0.3, -0.25) is 0 Å². The van der Waals surface area contributed by atoms with Crippen LogP contribution in [0.25, 0.3) is 73.4 Å². The zero-order valence-electron chi connectivity index (χ0n) is 26.5. The summed E-state index contributed by atoms with van der Waals surface area (Å²) in [5.74, 6) is 0. The number of hydrogen-bond donors (Lipinski definition) is 0. The van der Waals surface area contributed by atoms with Crippen LogP contribution in [-0.2, 0) is 0 Å². The Bertz CT molecular complexity index is 2810. The normalized spacial score (nSPS) is 11.7. The van der Waals surface area contributed by atoms with Crippen LogP contribution in [-0.4, -0.2) is 0 Å². The second-order valence-electron chi connectivity index (χ2n) is 12.6. The van der Waals surface area contributed by atoms with E-state index in [4.69, 9.17) is 0 Å². The average Bonchev–Trinajstić information content (AvgIpc) is 3.72. The summed E-state index contributed by atoms with van der Waals surface area (Å²) in [5.41, 5.74) is 8.27. The SMILES string of the molecule is c1ccc(-c2ccc(N(c3ccc(-c4ccc5cc6sc7ccccc7c6cc5c4)cc3)c3ccc4sc5ccccc5c4c3)cc2)cc1. The monoisotopic (exact) mass is 659 g/mol. The van der Waals surface area contributed by atoms with Crippen LogP contribution in [0.15, 0.2) is 176 Å². The van der Waals surface area contributed by atoms with Gasteiger partial charge in [0.25, 0.3) is 0 Å². The van der Waals surface area contributed by atoms with Gasteiger partial charge in [-0.15, -0.1) is 22.7 Å². The molecule has 0 bridgehead atoms. The Hall–Kier alpha value is -5.74. The molecule has 0 spiro atoms. The van der Waals surface area contributed by atoms with E-state index in [2.05, 4.69) is 181 Å². The van der Waals surface area contributed by atoms with E-state index in [1.807, 2.05) is 22.7 Å². The van der Waals surface area contributed by atoms with Crippen LogP contribution in [0.5, 0.6) is 0 Å². The highest BCUT2D eigenvalue weighted by Crippen LogP contribution is 2.42. The first-order valence-electron chi connectivity index (χ1n) is 16.6. The number of anilines is 3. The topological polar surface area (TPSA) is 3.24 Å². The van der Waals surface area contributed by atoms with E-state index in [1.54, 1.807) is 0 Å². The van der Waals surface area contributed by atoms with Crippen molar-refractivity contribution in [3.63, 3.8) is 0 Å². The predicted molar refractivity (Wildman–Crippen MR) is 215 cm³/mol. The molecule has 0 saturated carbocycles. The van der Waals surface area contributed by atoms with E-state index in [1.165, 1.54) is 73.4 Å². The van der Waals surface area contributed by atoms with E-state index in [-0.39, 0.29) is 0 Å². The van der Waals surface area contributed by atoms with E-state index < -0.39 is 0 Å². The number of benzene rings is 8. The minimum atomic E-state index is 1.13. The van der Waals surface area contributed by atoms with Gasteiger partial charge in [-0.05, 0) is 106 Å². The zero-order valence-corrected chi connectivity index (χ0v) is 28.1. The van der Waals surface area contributed by atoms with Gasteiger partial charge in [0.05, 0.1) is 0 Å². The molecule has 10 rings (SSSR count). The van der Waals surface area contributed by atoms with Gasteiger partial charge in [-0.25, -0.2) is 0 Å². The Kier molecular flexibility index (Phi) is 6.61. The first kappa shape index (κ1) is 28.3. The molecule has 3 heteroatoms. The predicted octanol–water partition coefficient (Wildman–Crippen LogP) is 14.4. The molecular weight excluding hydrogens is 631 g/mol. The summed E-state index contributed by atoms with van der Waals surface area (Å²) in [6.45, 7) is 0. The molecule has 230 valence electrons. The fourth-order valence-corrected chi connectivity index (χ4v) is 9.41. The van der Waals surface area contributed by atoms with Crippen LogP contribution in [0.4, 0.5) is 17.1 Å². The Balaban J connectivity index is 1.06. The maximum absolute atomic E-state index is 2.38. The molecule has 0 saturated heterocycles. The minimum Gasteiger partial charge on any atom is -0.310 e. The second kappa shape index (κ2) is 11.5. The van der Waals surface area contributed by atoms with Crippen molar-refractivity contribution in [3.05, 3.63) is 176 Å². The summed E-state index contributed by atoms with van der Waals surface area (Å²) in [6.07, 6.45) is 0. The lowest BCUT2D eigenvalue weighted by Crippen LogP contribution is -2.09. The molecule has 10 aromatic rings. The fourth-order valence-electron chi connectivity index (χ4n) is 7.18. The van der Waals surface area contributed by atoms with Crippen LogP contribution in [0.1, 0.15) is 0 Å². The molecule has 0 aliphatic carbocycles. The molecule has 1 nitrogen and oxygen atoms in total. The molecular formula is C46H29NS2. The highest BCUT2D eigenvalue weighted by Gasteiger charge is 2.16. The van der Waals surface area contributed by atoms with Crippen molar-refractivity contribution < 1.29 is 0 Å². The van der Waals surface area contributed by atoms with Crippen molar-refractivity contribution in [2.24, 2.45) is 0 Å². The van der Waals surface area contributed by atoms with E-state index in [0.29, 0.717) is 0 Å². The molecule has 0 aliphatic heterocycles. The average molecular weight is 660 g/mol. The molecule has 8 aromatic carbocycles. The summed E-state index contributed by atoms with van der Waals surface area (Å²) in [5, 5.41) is 7.83. The second-order valence-corrected chi connectivity index (χ2v) is 14.7. The van der Waals surface area contributed by atoms with E-state index in [0.717, 1.165) is 17.1 Å². The van der Waals surface area contributed by atoms with Crippen LogP contribution in [0, 0.1) is 0 Å². The Labute approximate surface area is 292 Å². The molecule has 0 atom stereocenters. The molecule has 0 radical (unpaired) electrons. The number of nitrogens with zero attached hydrogens (tertiary/aromatic N) is 1. The lowest BCUT2D eigenvalue weighted by molar-refractivity contribution is 1.29. The molecule has 2 heterocycles. The van der Waals surface area contributed by atoms with Gasteiger partial charge in [0.2, 0.25) is 0 Å². The van der Waals surface area contributed by atoms with Crippen LogP contribution in [0.2, 0.25) is 0 Å². The lowest BCUT2D eigenvalue weighted by atomic mass is 9.99. The number of rotatable bonds is 5. The third kappa shape index (κ3) is 4.90. The molecule has 49 heavy (non-hydrogen) atoms. The quantitative estimate of drug-likeness (QED) is 0.178. The summed E-state index contributed by atoms with van der Waals surface area (Å²) in [7, 11) is 0.